The predicted molar refractivity (Wildman–Crippen MR) is 107 cm³/mol. The Morgan fingerprint density at radius 2 is 1.93 bits per heavy atom. The SMILES string of the molecule is CCOC(=O)C1(C(C)C)CCN(c2ccc(C(=O)Nc3ccccc3)nn2)C1. The molecule has 2 heterocycles. The summed E-state index contributed by atoms with van der Waals surface area (Å²) < 4.78 is 5.33. The molecule has 1 fully saturated rings. The van der Waals surface area contributed by atoms with Crippen LogP contribution in [-0.2, 0) is 9.53 Å². The highest BCUT2D eigenvalue weighted by atomic mass is 16.5. The van der Waals surface area contributed by atoms with Gasteiger partial charge in [0, 0.05) is 18.8 Å². The maximum absolute atomic E-state index is 12.6. The Hall–Kier alpha value is -2.96. The quantitative estimate of drug-likeness (QED) is 0.773. The highest BCUT2D eigenvalue weighted by Gasteiger charge is 2.48. The molecule has 0 spiro atoms. The van der Waals surface area contributed by atoms with Crippen LogP contribution in [0.1, 0.15) is 37.7 Å². The molecule has 0 aliphatic carbocycles. The highest BCUT2D eigenvalue weighted by molar-refractivity contribution is 6.02. The van der Waals surface area contributed by atoms with Crippen LogP contribution in [0.15, 0.2) is 42.5 Å². The number of para-hydroxylation sites is 1. The molecule has 1 aromatic carbocycles. The first kappa shape index (κ1) is 19.8. The number of aromatic nitrogens is 2. The minimum Gasteiger partial charge on any atom is -0.466 e. The number of hydrogen-bond acceptors (Lipinski definition) is 6. The van der Waals surface area contributed by atoms with E-state index in [2.05, 4.69) is 15.5 Å². The number of benzene rings is 1. The molecule has 2 aromatic rings. The van der Waals surface area contributed by atoms with E-state index in [9.17, 15) is 9.59 Å². The molecule has 1 aliphatic rings. The summed E-state index contributed by atoms with van der Waals surface area (Å²) in [5, 5.41) is 11.1. The lowest BCUT2D eigenvalue weighted by Crippen LogP contribution is -2.40. The van der Waals surface area contributed by atoms with Gasteiger partial charge in [0.2, 0.25) is 0 Å². The first-order chi connectivity index (χ1) is 13.5. The van der Waals surface area contributed by atoms with Crippen molar-refractivity contribution in [3.05, 3.63) is 48.2 Å². The third-order valence-electron chi connectivity index (χ3n) is 5.33. The van der Waals surface area contributed by atoms with Gasteiger partial charge in [-0.05, 0) is 43.5 Å². The number of hydrogen-bond donors (Lipinski definition) is 1. The van der Waals surface area contributed by atoms with E-state index in [0.717, 1.165) is 0 Å². The summed E-state index contributed by atoms with van der Waals surface area (Å²) in [5.41, 5.74) is 0.405. The van der Waals surface area contributed by atoms with Crippen LogP contribution in [0.25, 0.3) is 0 Å². The summed E-state index contributed by atoms with van der Waals surface area (Å²) >= 11 is 0. The largest absolute Gasteiger partial charge is 0.466 e. The van der Waals surface area contributed by atoms with Gasteiger partial charge in [-0.2, -0.15) is 0 Å². The number of carbonyl (C=O) groups excluding carboxylic acids is 2. The van der Waals surface area contributed by atoms with E-state index in [1.807, 2.05) is 56.0 Å². The first-order valence-electron chi connectivity index (χ1n) is 9.58. The van der Waals surface area contributed by atoms with Gasteiger partial charge in [0.1, 0.15) is 0 Å². The summed E-state index contributed by atoms with van der Waals surface area (Å²) in [6, 6.07) is 12.6. The van der Waals surface area contributed by atoms with Gasteiger partial charge in [0.25, 0.3) is 5.91 Å². The Morgan fingerprint density at radius 3 is 2.54 bits per heavy atom. The van der Waals surface area contributed by atoms with Crippen LogP contribution in [-0.4, -0.2) is 41.8 Å². The van der Waals surface area contributed by atoms with Gasteiger partial charge in [-0.25, -0.2) is 0 Å². The van der Waals surface area contributed by atoms with Crippen LogP contribution in [0.3, 0.4) is 0 Å². The molecule has 1 atom stereocenters. The summed E-state index contributed by atoms with van der Waals surface area (Å²) in [7, 11) is 0. The van der Waals surface area contributed by atoms with Crippen LogP contribution in [0, 0.1) is 11.3 Å². The Labute approximate surface area is 165 Å². The van der Waals surface area contributed by atoms with Crippen molar-refractivity contribution in [3.8, 4) is 0 Å². The molecule has 148 valence electrons. The van der Waals surface area contributed by atoms with Crippen molar-refractivity contribution in [2.24, 2.45) is 11.3 Å². The Bertz CT molecular complexity index is 823. The van der Waals surface area contributed by atoms with Gasteiger partial charge in [-0.15, -0.1) is 10.2 Å². The normalized spacial score (nSPS) is 18.9. The lowest BCUT2D eigenvalue weighted by molar-refractivity contribution is -0.156. The molecule has 1 aliphatic heterocycles. The standard InChI is InChI=1S/C21H26N4O3/c1-4-28-20(27)21(15(2)3)12-13-25(14-21)18-11-10-17(23-24-18)19(26)22-16-8-6-5-7-9-16/h5-11,15H,4,12-14H2,1-3H3,(H,22,26). The van der Waals surface area contributed by atoms with E-state index < -0.39 is 5.41 Å². The maximum atomic E-state index is 12.6. The molecule has 1 N–H and O–H groups in total. The molecule has 1 aromatic heterocycles. The zero-order valence-electron chi connectivity index (χ0n) is 16.5. The fourth-order valence-corrected chi connectivity index (χ4v) is 3.51. The molecule has 7 heteroatoms. The zero-order chi connectivity index (χ0) is 20.1. The van der Waals surface area contributed by atoms with Crippen molar-refractivity contribution in [1.29, 1.82) is 0 Å². The van der Waals surface area contributed by atoms with E-state index in [0.29, 0.717) is 37.6 Å². The smallest absolute Gasteiger partial charge is 0.314 e. The molecule has 7 nitrogen and oxygen atoms in total. The van der Waals surface area contributed by atoms with Gasteiger partial charge < -0.3 is 15.0 Å². The molecule has 1 amide bonds. The van der Waals surface area contributed by atoms with Crippen LogP contribution in [0.5, 0.6) is 0 Å². The van der Waals surface area contributed by atoms with Gasteiger partial charge in [0.15, 0.2) is 11.5 Å². The van der Waals surface area contributed by atoms with Crippen LogP contribution < -0.4 is 10.2 Å². The van der Waals surface area contributed by atoms with Crippen molar-refractivity contribution >= 4 is 23.4 Å². The summed E-state index contributed by atoms with van der Waals surface area (Å²) in [6.45, 7) is 7.52. The third-order valence-corrected chi connectivity index (χ3v) is 5.33. The molecular weight excluding hydrogens is 356 g/mol. The molecule has 1 unspecified atom stereocenters. The number of ether oxygens (including phenoxy) is 1. The van der Waals surface area contributed by atoms with E-state index in [4.69, 9.17) is 4.74 Å². The highest BCUT2D eigenvalue weighted by Crippen LogP contribution is 2.40. The zero-order valence-corrected chi connectivity index (χ0v) is 16.5. The van der Waals surface area contributed by atoms with Crippen LogP contribution in [0.2, 0.25) is 0 Å². The average molecular weight is 382 g/mol. The molecule has 0 bridgehead atoms. The maximum Gasteiger partial charge on any atom is 0.314 e. The van der Waals surface area contributed by atoms with Crippen LogP contribution in [0.4, 0.5) is 11.5 Å². The van der Waals surface area contributed by atoms with Gasteiger partial charge >= 0.3 is 5.97 Å². The first-order valence-corrected chi connectivity index (χ1v) is 9.58. The van der Waals surface area contributed by atoms with Gasteiger partial charge in [0.05, 0.1) is 12.0 Å². The number of amides is 1. The number of esters is 1. The number of rotatable bonds is 6. The molecular formula is C21H26N4O3. The minimum atomic E-state index is -0.541. The Morgan fingerprint density at radius 1 is 1.18 bits per heavy atom. The second kappa shape index (κ2) is 8.37. The molecule has 28 heavy (non-hydrogen) atoms. The van der Waals surface area contributed by atoms with Crippen molar-refractivity contribution in [2.45, 2.75) is 27.2 Å². The van der Waals surface area contributed by atoms with E-state index in [-0.39, 0.29) is 23.5 Å². The lowest BCUT2D eigenvalue weighted by Gasteiger charge is -2.30. The van der Waals surface area contributed by atoms with Gasteiger partial charge in [-0.1, -0.05) is 32.0 Å². The minimum absolute atomic E-state index is 0.153. The monoisotopic (exact) mass is 382 g/mol. The van der Waals surface area contributed by atoms with E-state index in [1.165, 1.54) is 0 Å². The fraction of sp³-hybridized carbons (Fsp3) is 0.429. The number of nitrogens with one attached hydrogen (secondary N) is 1. The average Bonchev–Trinajstić information content (AvgIpc) is 3.16. The van der Waals surface area contributed by atoms with Crippen molar-refractivity contribution < 1.29 is 14.3 Å². The molecule has 1 saturated heterocycles. The lowest BCUT2D eigenvalue weighted by atomic mass is 9.76. The molecule has 0 radical (unpaired) electrons. The number of carbonyl (C=O) groups is 2. The van der Waals surface area contributed by atoms with Crippen molar-refractivity contribution in [1.82, 2.24) is 10.2 Å². The summed E-state index contributed by atoms with van der Waals surface area (Å²) in [6.07, 6.45) is 0.710. The van der Waals surface area contributed by atoms with Crippen molar-refractivity contribution in [3.63, 3.8) is 0 Å². The Kier molecular flexibility index (Phi) is 5.92. The Balaban J connectivity index is 1.70. The second-order valence-corrected chi connectivity index (χ2v) is 7.30. The van der Waals surface area contributed by atoms with E-state index in [1.54, 1.807) is 12.1 Å². The number of anilines is 2. The summed E-state index contributed by atoms with van der Waals surface area (Å²) in [5.74, 6) is 0.345. The summed E-state index contributed by atoms with van der Waals surface area (Å²) in [4.78, 5) is 26.9. The molecule has 0 saturated carbocycles. The molecule has 3 rings (SSSR count). The predicted octanol–water partition coefficient (Wildman–Crippen LogP) is 3.14. The van der Waals surface area contributed by atoms with Crippen molar-refractivity contribution in [2.75, 3.05) is 29.9 Å². The van der Waals surface area contributed by atoms with Gasteiger partial charge in [-0.3, -0.25) is 9.59 Å². The number of nitrogens with zero attached hydrogens (tertiary/aromatic N) is 3. The third kappa shape index (κ3) is 3.98. The van der Waals surface area contributed by atoms with E-state index >= 15 is 0 Å². The fourth-order valence-electron chi connectivity index (χ4n) is 3.51. The second-order valence-electron chi connectivity index (χ2n) is 7.30. The van der Waals surface area contributed by atoms with Crippen LogP contribution >= 0.6 is 0 Å². The topological polar surface area (TPSA) is 84.4 Å².